The number of aryl methyl sites for hydroxylation is 1. The molecule has 0 bridgehead atoms. The van der Waals surface area contributed by atoms with Crippen LogP contribution in [-0.4, -0.2) is 61.3 Å². The predicted molar refractivity (Wildman–Crippen MR) is 112 cm³/mol. The van der Waals surface area contributed by atoms with E-state index in [0.29, 0.717) is 62.7 Å². The minimum atomic E-state index is -0.969. The molecule has 9 heteroatoms. The third-order valence-corrected chi connectivity index (χ3v) is 6.09. The van der Waals surface area contributed by atoms with Gasteiger partial charge in [0.2, 0.25) is 5.91 Å². The van der Waals surface area contributed by atoms with Gasteiger partial charge in [-0.1, -0.05) is 5.16 Å². The molecule has 2 aromatic rings. The number of carbonyl (C=O) groups excluding carboxylic acids is 2. The molecule has 0 spiro atoms. The van der Waals surface area contributed by atoms with E-state index in [9.17, 15) is 9.59 Å². The predicted octanol–water partition coefficient (Wildman–Crippen LogP) is 1.44. The summed E-state index contributed by atoms with van der Waals surface area (Å²) in [5, 5.41) is 10.1. The van der Waals surface area contributed by atoms with E-state index in [1.165, 1.54) is 0 Å². The number of ether oxygens (including phenoxy) is 2. The second-order valence-electron chi connectivity index (χ2n) is 8.06. The van der Waals surface area contributed by atoms with Crippen molar-refractivity contribution in [3.05, 3.63) is 40.8 Å². The zero-order chi connectivity index (χ0) is 22.0. The largest absolute Gasteiger partial charge is 0.493 e. The van der Waals surface area contributed by atoms with E-state index in [4.69, 9.17) is 14.0 Å². The number of methoxy groups -OCH3 is 2. The third kappa shape index (κ3) is 4.10. The van der Waals surface area contributed by atoms with E-state index in [0.717, 1.165) is 11.1 Å². The van der Waals surface area contributed by atoms with Crippen LogP contribution in [0.4, 0.5) is 0 Å². The first-order valence-electron chi connectivity index (χ1n) is 10.5. The molecular formula is C22H28N4O5. The molecule has 1 fully saturated rings. The summed E-state index contributed by atoms with van der Waals surface area (Å²) in [4.78, 5) is 28.4. The Morgan fingerprint density at radius 1 is 1.13 bits per heavy atom. The van der Waals surface area contributed by atoms with Crippen molar-refractivity contribution in [3.8, 4) is 11.5 Å². The van der Waals surface area contributed by atoms with Gasteiger partial charge in [0, 0.05) is 19.2 Å². The molecule has 9 nitrogen and oxygen atoms in total. The zero-order valence-corrected chi connectivity index (χ0v) is 18.1. The van der Waals surface area contributed by atoms with Gasteiger partial charge in [-0.05, 0) is 62.5 Å². The number of rotatable bonds is 5. The molecule has 1 saturated heterocycles. The van der Waals surface area contributed by atoms with Gasteiger partial charge < -0.3 is 29.5 Å². The van der Waals surface area contributed by atoms with Crippen LogP contribution < -0.4 is 20.1 Å². The van der Waals surface area contributed by atoms with Crippen molar-refractivity contribution in [2.45, 2.75) is 38.3 Å². The number of hydrogen-bond acceptors (Lipinski definition) is 7. The lowest BCUT2D eigenvalue weighted by molar-refractivity contribution is -0.140. The molecule has 0 aliphatic carbocycles. The highest BCUT2D eigenvalue weighted by Crippen LogP contribution is 2.34. The van der Waals surface area contributed by atoms with Crippen LogP contribution in [0.3, 0.4) is 0 Å². The van der Waals surface area contributed by atoms with Gasteiger partial charge in [-0.2, -0.15) is 0 Å². The van der Waals surface area contributed by atoms with Crippen LogP contribution in [-0.2, 0) is 17.8 Å². The molecule has 3 heterocycles. The number of benzene rings is 1. The lowest BCUT2D eigenvalue weighted by Gasteiger charge is -2.41. The van der Waals surface area contributed by atoms with E-state index in [-0.39, 0.29) is 11.6 Å². The van der Waals surface area contributed by atoms with Crippen LogP contribution >= 0.6 is 0 Å². The summed E-state index contributed by atoms with van der Waals surface area (Å²) in [6.07, 6.45) is 1.75. The van der Waals surface area contributed by atoms with Crippen LogP contribution in [0.15, 0.2) is 22.7 Å². The monoisotopic (exact) mass is 428 g/mol. The van der Waals surface area contributed by atoms with Crippen molar-refractivity contribution in [1.82, 2.24) is 20.7 Å². The third-order valence-electron chi connectivity index (χ3n) is 6.09. The van der Waals surface area contributed by atoms with Crippen molar-refractivity contribution in [2.24, 2.45) is 0 Å². The molecule has 4 rings (SSSR count). The minimum Gasteiger partial charge on any atom is -0.493 e. The van der Waals surface area contributed by atoms with Gasteiger partial charge in [-0.15, -0.1) is 0 Å². The molecule has 0 unspecified atom stereocenters. The maximum atomic E-state index is 13.7. The molecule has 2 amide bonds. The molecule has 0 saturated carbocycles. The first kappa shape index (κ1) is 21.2. The average Bonchev–Trinajstić information content (AvgIpc) is 3.24. The fraction of sp³-hybridized carbons (Fsp3) is 0.500. The summed E-state index contributed by atoms with van der Waals surface area (Å²) in [7, 11) is 3.21. The van der Waals surface area contributed by atoms with Gasteiger partial charge in [0.1, 0.15) is 11.3 Å². The topological polar surface area (TPSA) is 106 Å². The molecular weight excluding hydrogens is 400 g/mol. The summed E-state index contributed by atoms with van der Waals surface area (Å²) in [5.74, 6) is 1.42. The Balaban J connectivity index is 1.57. The second-order valence-corrected chi connectivity index (χ2v) is 8.06. The Labute approximate surface area is 181 Å². The van der Waals surface area contributed by atoms with E-state index in [1.54, 1.807) is 27.2 Å². The standard InChI is InChI=1S/C22H28N4O5/c1-14-10-17(25-31-14)20(27)24-22(5-7-23-8-6-22)21(28)26-9-4-15-11-18(29-2)19(30-3)12-16(15)13-26/h10-12,23H,4-9,13H2,1-3H3,(H,24,27). The number of piperidine rings is 1. The molecule has 1 aromatic heterocycles. The fourth-order valence-electron chi connectivity index (χ4n) is 4.36. The van der Waals surface area contributed by atoms with Crippen LogP contribution in [0.2, 0.25) is 0 Å². The van der Waals surface area contributed by atoms with E-state index in [2.05, 4.69) is 15.8 Å². The molecule has 2 aliphatic heterocycles. The van der Waals surface area contributed by atoms with Crippen LogP contribution in [0.5, 0.6) is 11.5 Å². The number of aromatic nitrogens is 1. The number of amides is 2. The number of carbonyl (C=O) groups is 2. The molecule has 0 radical (unpaired) electrons. The quantitative estimate of drug-likeness (QED) is 0.742. The van der Waals surface area contributed by atoms with E-state index in [1.807, 2.05) is 17.0 Å². The van der Waals surface area contributed by atoms with Crippen molar-refractivity contribution < 1.29 is 23.6 Å². The second kappa shape index (κ2) is 8.58. The molecule has 166 valence electrons. The van der Waals surface area contributed by atoms with Gasteiger partial charge in [-0.3, -0.25) is 9.59 Å². The van der Waals surface area contributed by atoms with Gasteiger partial charge in [0.25, 0.3) is 5.91 Å². The Bertz CT molecular complexity index is 980. The SMILES string of the molecule is COc1cc2c(cc1OC)CN(C(=O)C1(NC(=O)c3cc(C)on3)CCNCC1)CC2. The highest BCUT2D eigenvalue weighted by molar-refractivity contribution is 5.98. The van der Waals surface area contributed by atoms with Crippen LogP contribution in [0, 0.1) is 6.92 Å². The Kier molecular flexibility index (Phi) is 5.86. The van der Waals surface area contributed by atoms with Crippen molar-refractivity contribution in [2.75, 3.05) is 33.9 Å². The highest BCUT2D eigenvalue weighted by atomic mass is 16.5. The number of nitrogens with zero attached hydrogens (tertiary/aromatic N) is 2. The summed E-state index contributed by atoms with van der Waals surface area (Å²) in [6, 6.07) is 5.48. The summed E-state index contributed by atoms with van der Waals surface area (Å²) < 4.78 is 15.9. The van der Waals surface area contributed by atoms with Gasteiger partial charge in [0.05, 0.1) is 14.2 Å². The summed E-state index contributed by atoms with van der Waals surface area (Å²) in [6.45, 7) is 4.07. The van der Waals surface area contributed by atoms with Gasteiger partial charge >= 0.3 is 0 Å². The first-order chi connectivity index (χ1) is 15.0. The van der Waals surface area contributed by atoms with Gasteiger partial charge in [-0.25, -0.2) is 0 Å². The number of fused-ring (bicyclic) bond motifs is 1. The lowest BCUT2D eigenvalue weighted by Crippen LogP contribution is -2.63. The maximum Gasteiger partial charge on any atom is 0.274 e. The van der Waals surface area contributed by atoms with E-state index >= 15 is 0 Å². The number of nitrogens with one attached hydrogen (secondary N) is 2. The molecule has 0 atom stereocenters. The Hall–Kier alpha value is -3.07. The summed E-state index contributed by atoms with van der Waals surface area (Å²) in [5.41, 5.74) is 1.38. The van der Waals surface area contributed by atoms with Gasteiger partial charge in [0.15, 0.2) is 17.2 Å². The van der Waals surface area contributed by atoms with Crippen molar-refractivity contribution in [1.29, 1.82) is 0 Å². The molecule has 2 N–H and O–H groups in total. The van der Waals surface area contributed by atoms with Crippen molar-refractivity contribution >= 4 is 11.8 Å². The number of hydrogen-bond donors (Lipinski definition) is 2. The average molecular weight is 428 g/mol. The Morgan fingerprint density at radius 3 is 2.42 bits per heavy atom. The lowest BCUT2D eigenvalue weighted by atomic mass is 9.85. The fourth-order valence-corrected chi connectivity index (χ4v) is 4.36. The molecule has 1 aromatic carbocycles. The van der Waals surface area contributed by atoms with E-state index < -0.39 is 11.4 Å². The normalized spacial score (nSPS) is 17.6. The Morgan fingerprint density at radius 2 is 1.81 bits per heavy atom. The molecule has 2 aliphatic rings. The van der Waals surface area contributed by atoms with Crippen molar-refractivity contribution in [3.63, 3.8) is 0 Å². The maximum absolute atomic E-state index is 13.7. The van der Waals surface area contributed by atoms with Crippen LogP contribution in [0.25, 0.3) is 0 Å². The first-order valence-corrected chi connectivity index (χ1v) is 10.5. The smallest absolute Gasteiger partial charge is 0.274 e. The highest BCUT2D eigenvalue weighted by Gasteiger charge is 2.44. The molecule has 31 heavy (non-hydrogen) atoms. The summed E-state index contributed by atoms with van der Waals surface area (Å²) >= 11 is 0. The minimum absolute atomic E-state index is 0.0667. The zero-order valence-electron chi connectivity index (χ0n) is 18.1. The van der Waals surface area contributed by atoms with Crippen LogP contribution in [0.1, 0.15) is 40.2 Å².